The molecule has 198 valence electrons. The first-order valence-electron chi connectivity index (χ1n) is 13.3. The summed E-state index contributed by atoms with van der Waals surface area (Å²) in [5.74, 6) is -1.28. The van der Waals surface area contributed by atoms with E-state index in [9.17, 15) is 15.2 Å². The third-order valence-electron chi connectivity index (χ3n) is 7.83. The summed E-state index contributed by atoms with van der Waals surface area (Å²) in [5, 5.41) is 23.2. The van der Waals surface area contributed by atoms with Gasteiger partial charge < -0.3 is 14.7 Å². The maximum absolute atomic E-state index is 11.4. The molecule has 7 nitrogen and oxygen atoms in total. The Balaban J connectivity index is 1.31. The Labute approximate surface area is 242 Å². The summed E-state index contributed by atoms with van der Waals surface area (Å²) >= 11 is 1.06. The van der Waals surface area contributed by atoms with Gasteiger partial charge in [0.1, 0.15) is 22.7 Å². The number of nitrogens with one attached hydrogen (secondary N) is 1. The lowest BCUT2D eigenvalue weighted by molar-refractivity contribution is -0.132. The van der Waals surface area contributed by atoms with E-state index in [2.05, 4.69) is 97.2 Å². The van der Waals surface area contributed by atoms with Crippen LogP contribution in [0.1, 0.15) is 5.56 Å². The van der Waals surface area contributed by atoms with E-state index in [1.54, 1.807) is 12.1 Å². The van der Waals surface area contributed by atoms with Crippen LogP contribution < -0.4 is 0 Å². The molecule has 0 fully saturated rings. The minimum Gasteiger partial charge on any atom is -0.477 e. The van der Waals surface area contributed by atoms with Crippen molar-refractivity contribution in [2.45, 2.75) is 0 Å². The maximum Gasteiger partial charge on any atom is 0.346 e. The molecule has 0 amide bonds. The largest absolute Gasteiger partial charge is 0.477 e. The molecule has 0 spiro atoms. The van der Waals surface area contributed by atoms with Gasteiger partial charge in [-0.3, -0.25) is 0 Å². The molecule has 2 N–H and O–H groups in total. The molecule has 0 aliphatic carbocycles. The van der Waals surface area contributed by atoms with Gasteiger partial charge in [0.2, 0.25) is 0 Å². The van der Waals surface area contributed by atoms with Crippen molar-refractivity contribution in [3.63, 3.8) is 0 Å². The number of aliphatic carboxylic acids is 1. The Bertz CT molecular complexity index is 2420. The van der Waals surface area contributed by atoms with Crippen molar-refractivity contribution in [3.05, 3.63) is 108 Å². The van der Waals surface area contributed by atoms with E-state index < -0.39 is 5.97 Å². The summed E-state index contributed by atoms with van der Waals surface area (Å²) in [5.41, 5.74) is 8.77. The highest BCUT2D eigenvalue weighted by atomic mass is 32.1. The molecule has 3 heterocycles. The molecule has 8 rings (SSSR count). The van der Waals surface area contributed by atoms with Gasteiger partial charge in [0.25, 0.3) is 0 Å². The zero-order valence-electron chi connectivity index (χ0n) is 21.9. The predicted octanol–water partition coefficient (Wildman–Crippen LogP) is 8.08. The molecule has 0 radical (unpaired) electrons. The highest BCUT2D eigenvalue weighted by Gasteiger charge is 2.16. The van der Waals surface area contributed by atoms with Crippen LogP contribution >= 0.6 is 11.7 Å². The van der Waals surface area contributed by atoms with Crippen LogP contribution in [-0.4, -0.2) is 29.4 Å². The number of benzene rings is 5. The first-order valence-corrected chi connectivity index (χ1v) is 14.0. The minimum absolute atomic E-state index is 0.351. The number of carbonyl (C=O) groups is 1. The lowest BCUT2D eigenvalue weighted by Gasteiger charge is -2.08. The van der Waals surface area contributed by atoms with Crippen molar-refractivity contribution in [2.75, 3.05) is 0 Å². The van der Waals surface area contributed by atoms with Crippen LogP contribution in [0.15, 0.2) is 103 Å². The molecule has 0 atom stereocenters. The number of aromatic nitrogens is 4. The highest BCUT2D eigenvalue weighted by molar-refractivity contribution is 7.00. The average Bonchev–Trinajstić information content (AvgIpc) is 3.73. The van der Waals surface area contributed by atoms with Crippen molar-refractivity contribution in [2.24, 2.45) is 0 Å². The van der Waals surface area contributed by atoms with Crippen LogP contribution in [0, 0.1) is 11.3 Å². The van der Waals surface area contributed by atoms with E-state index in [0.717, 1.165) is 61.4 Å². The Kier molecular flexibility index (Phi) is 5.23. The monoisotopic (exact) mass is 561 g/mol. The van der Waals surface area contributed by atoms with Crippen molar-refractivity contribution < 1.29 is 9.90 Å². The van der Waals surface area contributed by atoms with E-state index >= 15 is 0 Å². The normalized spacial score (nSPS) is 12.1. The van der Waals surface area contributed by atoms with Crippen LogP contribution in [-0.2, 0) is 4.79 Å². The third-order valence-corrected chi connectivity index (χ3v) is 8.36. The van der Waals surface area contributed by atoms with Crippen LogP contribution in [0.5, 0.6) is 0 Å². The summed E-state index contributed by atoms with van der Waals surface area (Å²) in [4.78, 5) is 15.0. The molecule has 0 saturated carbocycles. The second kappa shape index (κ2) is 9.13. The van der Waals surface area contributed by atoms with Crippen molar-refractivity contribution in [1.29, 1.82) is 5.26 Å². The standard InChI is InChI=1S/C34H19N5O2S/c35-18-21(34(40)41)15-20-9-12-23(33-32(20)37-42-38-33)19-10-13-28-26(16-19)27-17-22(11-14-29(27)36-28)39-30-7-3-1-5-24(30)25-6-2-4-8-31(25)39/h1-17,36H,(H,40,41)/b21-15+. The molecule has 8 heteroatoms. The Hall–Kier alpha value is -5.78. The van der Waals surface area contributed by atoms with Gasteiger partial charge in [-0.25, -0.2) is 4.79 Å². The molecule has 0 saturated heterocycles. The fourth-order valence-electron chi connectivity index (χ4n) is 5.93. The number of carboxylic acids is 1. The summed E-state index contributed by atoms with van der Waals surface area (Å²) < 4.78 is 11.3. The highest BCUT2D eigenvalue weighted by Crippen LogP contribution is 2.37. The van der Waals surface area contributed by atoms with Gasteiger partial charge >= 0.3 is 5.97 Å². The van der Waals surface area contributed by atoms with Gasteiger partial charge in [-0.1, -0.05) is 54.6 Å². The lowest BCUT2D eigenvalue weighted by atomic mass is 9.98. The number of fused-ring (bicyclic) bond motifs is 7. The molecule has 0 aliphatic heterocycles. The van der Waals surface area contributed by atoms with Crippen molar-refractivity contribution >= 4 is 78.4 Å². The summed E-state index contributed by atoms with van der Waals surface area (Å²) in [6.45, 7) is 0. The quantitative estimate of drug-likeness (QED) is 0.167. The molecule has 8 aromatic rings. The summed E-state index contributed by atoms with van der Waals surface area (Å²) in [6.07, 6.45) is 1.34. The Morgan fingerprint density at radius 3 is 2.19 bits per heavy atom. The van der Waals surface area contributed by atoms with Gasteiger partial charge in [0.05, 0.1) is 22.8 Å². The summed E-state index contributed by atoms with van der Waals surface area (Å²) in [7, 11) is 0. The zero-order valence-corrected chi connectivity index (χ0v) is 22.7. The first kappa shape index (κ1) is 24.1. The number of nitrogens with zero attached hydrogens (tertiary/aromatic N) is 4. The second-order valence-electron chi connectivity index (χ2n) is 10.1. The molecular formula is C34H19N5O2S. The van der Waals surface area contributed by atoms with E-state index in [1.165, 1.54) is 16.8 Å². The number of hydrogen-bond acceptors (Lipinski definition) is 5. The van der Waals surface area contributed by atoms with Gasteiger partial charge in [0.15, 0.2) is 0 Å². The van der Waals surface area contributed by atoms with E-state index in [-0.39, 0.29) is 5.57 Å². The SMILES string of the molecule is N#C/C(=C\c1ccc(-c2ccc3[nH]c4ccc(-n5c6ccccc6c6ccccc65)cc4c3c2)c2nsnc12)C(=O)O. The molecular weight excluding hydrogens is 542 g/mol. The Morgan fingerprint density at radius 2 is 1.48 bits per heavy atom. The van der Waals surface area contributed by atoms with Gasteiger partial charge in [0, 0.05) is 49.4 Å². The van der Waals surface area contributed by atoms with Crippen molar-refractivity contribution in [1.82, 2.24) is 18.3 Å². The molecule has 0 aliphatic rings. The second-order valence-corrected chi connectivity index (χ2v) is 10.7. The topological polar surface area (TPSA) is 108 Å². The number of rotatable bonds is 4. The van der Waals surface area contributed by atoms with Crippen LogP contribution in [0.2, 0.25) is 0 Å². The zero-order chi connectivity index (χ0) is 28.4. The summed E-state index contributed by atoms with van der Waals surface area (Å²) in [6, 6.07) is 35.2. The fraction of sp³-hybridized carbons (Fsp3) is 0. The smallest absolute Gasteiger partial charge is 0.346 e. The van der Waals surface area contributed by atoms with E-state index in [1.807, 2.05) is 12.1 Å². The number of H-pyrrole nitrogens is 1. The number of carboxylic acid groups (broad SMARTS) is 1. The number of hydrogen-bond donors (Lipinski definition) is 2. The van der Waals surface area contributed by atoms with Crippen LogP contribution in [0.25, 0.3) is 77.5 Å². The van der Waals surface area contributed by atoms with Gasteiger partial charge in [-0.15, -0.1) is 0 Å². The van der Waals surface area contributed by atoms with Crippen LogP contribution in [0.4, 0.5) is 0 Å². The average molecular weight is 562 g/mol. The van der Waals surface area contributed by atoms with E-state index in [4.69, 9.17) is 0 Å². The molecule has 5 aromatic carbocycles. The Morgan fingerprint density at radius 1 is 0.810 bits per heavy atom. The third kappa shape index (κ3) is 3.54. The lowest BCUT2D eigenvalue weighted by Crippen LogP contribution is -1.97. The van der Waals surface area contributed by atoms with Gasteiger partial charge in [-0.05, 0) is 54.1 Å². The van der Waals surface area contributed by atoms with Crippen LogP contribution in [0.3, 0.4) is 0 Å². The number of para-hydroxylation sites is 2. The minimum atomic E-state index is -1.28. The fourth-order valence-corrected chi connectivity index (χ4v) is 6.51. The maximum atomic E-state index is 11.4. The molecule has 0 unspecified atom stereocenters. The van der Waals surface area contributed by atoms with Crippen molar-refractivity contribution in [3.8, 4) is 22.9 Å². The number of nitriles is 1. The predicted molar refractivity (Wildman–Crippen MR) is 168 cm³/mol. The van der Waals surface area contributed by atoms with E-state index in [0.29, 0.717) is 16.6 Å². The van der Waals surface area contributed by atoms with Gasteiger partial charge in [-0.2, -0.15) is 14.0 Å². The molecule has 0 bridgehead atoms. The molecule has 3 aromatic heterocycles. The first-order chi connectivity index (χ1) is 20.6. The number of aromatic amines is 1. The molecule has 42 heavy (non-hydrogen) atoms.